The Kier molecular flexibility index (Phi) is 15.1. The van der Waals surface area contributed by atoms with E-state index in [1.165, 1.54) is 55.5 Å². The van der Waals surface area contributed by atoms with E-state index < -0.39 is 159 Å². The molecule has 13 rings (SSSR count). The van der Waals surface area contributed by atoms with E-state index in [1.807, 2.05) is 0 Å². The number of phenolic OH excluding ortho intramolecular Hbond substituents is 6. The number of hydrogen-bond donors (Lipinski definition) is 15. The van der Waals surface area contributed by atoms with E-state index in [9.17, 15) is 65.1 Å². The summed E-state index contributed by atoms with van der Waals surface area (Å²) in [6.07, 6.45) is -4.10. The Balaban J connectivity index is 1.14. The van der Waals surface area contributed by atoms with Crippen molar-refractivity contribution in [3.63, 3.8) is 0 Å². The fourth-order valence-electron chi connectivity index (χ4n) is 10.6. The number of carboxylic acid groups (broad SMARTS) is 1. The highest BCUT2D eigenvalue weighted by Crippen LogP contribution is 2.47. The molecular formula is C61H50N6O21. The summed E-state index contributed by atoms with van der Waals surface area (Å²) in [4.78, 5) is 117. The van der Waals surface area contributed by atoms with Crippen LogP contribution >= 0.6 is 0 Å². The van der Waals surface area contributed by atoms with Gasteiger partial charge in [0.1, 0.15) is 82.7 Å². The number of aliphatic hydroxyl groups excluding tert-OH is 2. The fraction of sp³-hybridized carbons (Fsp3) is 0.180. The normalized spacial score (nSPS) is 22.4. The van der Waals surface area contributed by atoms with Crippen molar-refractivity contribution >= 4 is 47.4 Å². The van der Waals surface area contributed by atoms with Crippen LogP contribution in [0.2, 0.25) is 0 Å². The van der Waals surface area contributed by atoms with Crippen molar-refractivity contribution in [1.82, 2.24) is 31.9 Å². The number of aliphatic carboxylic acids is 1. The topological polar surface area (TPSA) is 428 Å². The first-order valence-corrected chi connectivity index (χ1v) is 26.6. The van der Waals surface area contributed by atoms with Gasteiger partial charge in [-0.1, -0.05) is 36.4 Å². The molecule has 88 heavy (non-hydrogen) atoms. The summed E-state index contributed by atoms with van der Waals surface area (Å²) < 4.78 is 23.4. The third-order valence-corrected chi connectivity index (χ3v) is 15.3. The molecule has 450 valence electrons. The van der Waals surface area contributed by atoms with Gasteiger partial charge in [-0.2, -0.15) is 0 Å². The highest BCUT2D eigenvalue weighted by molar-refractivity contribution is 6.05. The van der Waals surface area contributed by atoms with Gasteiger partial charge < -0.3 is 96.8 Å². The fourth-order valence-corrected chi connectivity index (χ4v) is 10.6. The van der Waals surface area contributed by atoms with Crippen molar-refractivity contribution < 1.29 is 103 Å². The maximum Gasteiger partial charge on any atom is 0.333 e. The standard InChI is InChI=1S/C61H50N6O21/c1-23-37(71)16-28-18-39(23)88-40-17-26(7-14-36(40)70)43(60(82)83)54(76)66-49-51(73)24-3-9-31(10-4-24)86-41-19-29-20-42(53(41)75)87-32-11-5-25(6-12-32)52(74)50-59(81)65-48(61(84)85-2)34-21-30(68)22-38(72)44(34)33-15-27(8-13-35(33)69)45(55(77)67-50)62-57(79)47(29)63-56(78)46(28)64-58(49)80/h3-22,43,45-52,68-75H,1-2H3,(H,62,79)(H,63,78)(H,64,80)(H,65,81)(H,66,76)(H,67,77)(H,82,83)/t43-,45-,46+,47-,48?,49-,50+,51-,52?/m1/s1. The van der Waals surface area contributed by atoms with Gasteiger partial charge in [0, 0.05) is 28.3 Å². The van der Waals surface area contributed by atoms with Gasteiger partial charge in [-0.05, 0) is 119 Å². The van der Waals surface area contributed by atoms with Crippen molar-refractivity contribution in [1.29, 1.82) is 0 Å². The number of phenols is 6. The summed E-state index contributed by atoms with van der Waals surface area (Å²) in [6.45, 7) is 1.36. The first-order chi connectivity index (χ1) is 42.0. The molecule has 0 saturated carbocycles. The number of ether oxygens (including phenoxy) is 4. The van der Waals surface area contributed by atoms with Gasteiger partial charge in [0.05, 0.1) is 7.11 Å². The summed E-state index contributed by atoms with van der Waals surface area (Å²) in [5.41, 5.74) is -2.53. The molecule has 6 heterocycles. The number of hydrogen-bond acceptors (Lipinski definition) is 20. The van der Waals surface area contributed by atoms with Crippen LogP contribution < -0.4 is 46.1 Å². The van der Waals surface area contributed by atoms with E-state index in [0.29, 0.717) is 0 Å². The molecule has 0 spiro atoms. The number of aliphatic hydroxyl groups is 2. The molecule has 0 radical (unpaired) electrons. The monoisotopic (exact) mass is 1200 g/mol. The lowest BCUT2D eigenvalue weighted by Gasteiger charge is -2.31. The second-order valence-corrected chi connectivity index (χ2v) is 20.8. The molecule has 9 atom stereocenters. The summed E-state index contributed by atoms with van der Waals surface area (Å²) in [7, 11) is 0.963. The predicted molar refractivity (Wildman–Crippen MR) is 299 cm³/mol. The van der Waals surface area contributed by atoms with Crippen molar-refractivity contribution in [2.45, 2.75) is 61.3 Å². The van der Waals surface area contributed by atoms with Crippen LogP contribution in [0.15, 0.2) is 121 Å². The molecule has 27 nitrogen and oxygen atoms in total. The molecular weight excluding hydrogens is 1150 g/mol. The second kappa shape index (κ2) is 22.8. The molecule has 27 heteroatoms. The Hall–Kier alpha value is -11.6. The number of rotatable bonds is 2. The van der Waals surface area contributed by atoms with Crippen molar-refractivity contribution in [2.75, 3.05) is 7.11 Å². The van der Waals surface area contributed by atoms with Gasteiger partial charge in [-0.25, -0.2) is 4.79 Å². The number of carbonyl (C=O) groups excluding carboxylic acids is 7. The zero-order valence-corrected chi connectivity index (χ0v) is 45.7. The van der Waals surface area contributed by atoms with Gasteiger partial charge in [-0.3, -0.25) is 33.6 Å². The number of benzene rings is 7. The van der Waals surface area contributed by atoms with E-state index in [4.69, 9.17) is 18.9 Å². The molecule has 7 aromatic carbocycles. The quantitative estimate of drug-likeness (QED) is 0.0866. The zero-order chi connectivity index (χ0) is 62.7. The first kappa shape index (κ1) is 58.2. The van der Waals surface area contributed by atoms with Gasteiger partial charge >= 0.3 is 11.9 Å². The van der Waals surface area contributed by atoms with Crippen molar-refractivity contribution in [2.24, 2.45) is 0 Å². The number of esters is 1. The number of amides is 6. The van der Waals surface area contributed by atoms with Crippen LogP contribution in [0.3, 0.4) is 0 Å². The molecule has 0 saturated heterocycles. The molecule has 6 aliphatic heterocycles. The predicted octanol–water partition coefficient (Wildman–Crippen LogP) is 3.73. The zero-order valence-electron chi connectivity index (χ0n) is 45.7. The smallest absolute Gasteiger partial charge is 0.333 e. The molecule has 6 aliphatic rings. The van der Waals surface area contributed by atoms with Gasteiger partial charge in [-0.15, -0.1) is 0 Å². The van der Waals surface area contributed by atoms with Gasteiger partial charge in [0.2, 0.25) is 41.2 Å². The van der Waals surface area contributed by atoms with E-state index in [0.717, 1.165) is 79.9 Å². The number of carbonyl (C=O) groups is 8. The second-order valence-electron chi connectivity index (χ2n) is 20.8. The lowest BCUT2D eigenvalue weighted by molar-refractivity contribution is -0.146. The lowest BCUT2D eigenvalue weighted by Crippen LogP contribution is -2.55. The van der Waals surface area contributed by atoms with E-state index >= 15 is 19.2 Å². The van der Waals surface area contributed by atoms with Gasteiger partial charge in [0.15, 0.2) is 35.0 Å². The average Bonchev–Trinajstić information content (AvgIpc) is 1.25. The average molecular weight is 1200 g/mol. The largest absolute Gasteiger partial charge is 0.508 e. The molecule has 17 bridgehead atoms. The molecule has 0 fully saturated rings. The van der Waals surface area contributed by atoms with Crippen LogP contribution in [0.25, 0.3) is 11.1 Å². The van der Waals surface area contributed by atoms with E-state index in [1.54, 1.807) is 0 Å². The molecule has 15 N–H and O–H groups in total. The number of nitrogens with one attached hydrogen (secondary N) is 6. The first-order valence-electron chi connectivity index (χ1n) is 26.6. The summed E-state index contributed by atoms with van der Waals surface area (Å²) >= 11 is 0. The van der Waals surface area contributed by atoms with Crippen LogP contribution in [0, 0.1) is 6.92 Å². The highest BCUT2D eigenvalue weighted by atomic mass is 16.5. The van der Waals surface area contributed by atoms with E-state index in [2.05, 4.69) is 31.9 Å². The third-order valence-electron chi connectivity index (χ3n) is 15.3. The van der Waals surface area contributed by atoms with Crippen LogP contribution in [0.4, 0.5) is 0 Å². The molecule has 2 unspecified atom stereocenters. The number of fused-ring (bicyclic) bond motifs is 14. The maximum absolute atomic E-state index is 15.7. The minimum absolute atomic E-state index is 0.0411. The Morgan fingerprint density at radius 3 is 1.51 bits per heavy atom. The van der Waals surface area contributed by atoms with Crippen LogP contribution in [0.5, 0.6) is 69.0 Å². The van der Waals surface area contributed by atoms with Crippen LogP contribution in [0.1, 0.15) is 86.8 Å². The van der Waals surface area contributed by atoms with Crippen molar-refractivity contribution in [3.05, 3.63) is 166 Å². The lowest BCUT2D eigenvalue weighted by atomic mass is 9.89. The van der Waals surface area contributed by atoms with E-state index in [-0.39, 0.29) is 67.3 Å². The highest BCUT2D eigenvalue weighted by Gasteiger charge is 2.43. The van der Waals surface area contributed by atoms with Crippen LogP contribution in [-0.2, 0) is 43.1 Å². The van der Waals surface area contributed by atoms with Crippen molar-refractivity contribution in [3.8, 4) is 80.1 Å². The van der Waals surface area contributed by atoms with Crippen LogP contribution in [-0.4, -0.2) is 113 Å². The molecule has 0 aromatic heterocycles. The minimum atomic E-state index is -2.19. The molecule has 6 amide bonds. The molecule has 0 aliphatic carbocycles. The third kappa shape index (κ3) is 10.8. The maximum atomic E-state index is 15.7. The summed E-state index contributed by atoms with van der Waals surface area (Å²) in [5, 5.41) is 118. The van der Waals surface area contributed by atoms with Gasteiger partial charge in [0.25, 0.3) is 0 Å². The number of methoxy groups -OCH3 is 1. The summed E-state index contributed by atoms with van der Waals surface area (Å²) in [5.74, 6) is -19.0. The molecule has 7 aromatic rings. The number of carboxylic acids is 1. The Labute approximate surface area is 495 Å². The Morgan fingerprint density at radius 2 is 0.932 bits per heavy atom. The number of aromatic hydroxyl groups is 6. The SMILES string of the molecule is COC(=O)C1NC(=O)[C@H]2NC(=O)[C@H](NC(=O)[C@@H]3NC(=O)[C@H]4NC(=O)[C@H](NC(=O)[C@H](C(=O)O)c5ccc(O)c(c5)Oc5cc4cc(O)c5C)[C@H](O)c4ccc(cc4)Oc4cc3cc(c4O)Oc3ccc(cc3)C2O)c2ccc(O)c(c2)-c2c(O)cc(O)cc21. The Bertz CT molecular complexity index is 4100. The summed E-state index contributed by atoms with van der Waals surface area (Å²) in [6, 6.07) is 10.0. The minimum Gasteiger partial charge on any atom is -0.508 e. The Morgan fingerprint density at radius 1 is 0.455 bits per heavy atom.